The minimum absolute atomic E-state index is 0.119. The number of hydrogen-bond donors (Lipinski definition) is 1. The predicted molar refractivity (Wildman–Crippen MR) is 109 cm³/mol. The molecule has 3 heterocycles. The summed E-state index contributed by atoms with van der Waals surface area (Å²) in [4.78, 5) is 43.0. The van der Waals surface area contributed by atoms with Crippen LogP contribution in [0.15, 0.2) is 77.9 Å². The number of hydrogen-bond acceptors (Lipinski definition) is 4. The molecular formula is C22H20N4O3. The highest BCUT2D eigenvalue weighted by molar-refractivity contribution is 6.02. The number of piperidine rings is 1. The molecule has 0 radical (unpaired) electrons. The van der Waals surface area contributed by atoms with E-state index in [-0.39, 0.29) is 23.1 Å². The number of pyridine rings is 2. The van der Waals surface area contributed by atoms with Crippen molar-refractivity contribution in [1.29, 1.82) is 0 Å². The second-order valence-corrected chi connectivity index (χ2v) is 6.80. The molecule has 1 unspecified atom stereocenters. The molecule has 146 valence electrons. The lowest BCUT2D eigenvalue weighted by molar-refractivity contribution is -0.121. The molecule has 1 N–H and O–H groups in total. The van der Waals surface area contributed by atoms with Crippen molar-refractivity contribution in [2.24, 2.45) is 0 Å². The fraction of sp³-hybridized carbons (Fsp3) is 0.182. The molecule has 1 saturated heterocycles. The van der Waals surface area contributed by atoms with Crippen molar-refractivity contribution in [2.45, 2.75) is 18.9 Å². The van der Waals surface area contributed by atoms with Gasteiger partial charge in [-0.15, -0.1) is 0 Å². The smallest absolute Gasteiger partial charge is 0.270 e. The van der Waals surface area contributed by atoms with E-state index in [1.54, 1.807) is 59.8 Å². The first-order valence-electron chi connectivity index (χ1n) is 9.45. The molecule has 1 fully saturated rings. The van der Waals surface area contributed by atoms with Crippen LogP contribution in [-0.4, -0.2) is 34.0 Å². The van der Waals surface area contributed by atoms with Crippen LogP contribution in [0, 0.1) is 0 Å². The zero-order chi connectivity index (χ0) is 20.2. The number of rotatable bonds is 4. The van der Waals surface area contributed by atoms with Gasteiger partial charge >= 0.3 is 0 Å². The number of anilines is 1. The van der Waals surface area contributed by atoms with E-state index in [4.69, 9.17) is 0 Å². The zero-order valence-corrected chi connectivity index (χ0v) is 15.7. The van der Waals surface area contributed by atoms with Crippen LogP contribution in [0.25, 0.3) is 5.69 Å². The first kappa shape index (κ1) is 18.6. The van der Waals surface area contributed by atoms with Crippen molar-refractivity contribution in [2.75, 3.05) is 11.4 Å². The molecule has 7 heteroatoms. The van der Waals surface area contributed by atoms with E-state index in [0.717, 1.165) is 17.8 Å². The summed E-state index contributed by atoms with van der Waals surface area (Å²) in [6.45, 7) is 0.583. The lowest BCUT2D eigenvalue weighted by Gasteiger charge is -2.32. The fourth-order valence-corrected chi connectivity index (χ4v) is 3.43. The number of nitrogens with one attached hydrogen (secondary N) is 1. The Morgan fingerprint density at radius 2 is 1.72 bits per heavy atom. The highest BCUT2D eigenvalue weighted by Crippen LogP contribution is 2.22. The Morgan fingerprint density at radius 3 is 2.45 bits per heavy atom. The molecule has 1 aliphatic rings. The number of carbonyl (C=O) groups is 2. The van der Waals surface area contributed by atoms with Gasteiger partial charge in [-0.3, -0.25) is 23.9 Å². The molecule has 1 aromatic carbocycles. The van der Waals surface area contributed by atoms with Crippen LogP contribution >= 0.6 is 0 Å². The van der Waals surface area contributed by atoms with Gasteiger partial charge in [0, 0.05) is 36.4 Å². The molecular weight excluding hydrogens is 368 g/mol. The average molecular weight is 388 g/mol. The second-order valence-electron chi connectivity index (χ2n) is 6.80. The molecule has 1 atom stereocenters. The molecule has 0 bridgehead atoms. The monoisotopic (exact) mass is 388 g/mol. The van der Waals surface area contributed by atoms with Gasteiger partial charge in [-0.1, -0.05) is 12.1 Å². The fourth-order valence-electron chi connectivity index (χ4n) is 3.43. The Hall–Kier alpha value is -3.74. The maximum absolute atomic E-state index is 12.9. The number of nitrogens with zero attached hydrogens (tertiary/aromatic N) is 3. The third-order valence-corrected chi connectivity index (χ3v) is 4.90. The molecule has 2 amide bonds. The van der Waals surface area contributed by atoms with Gasteiger partial charge in [0.05, 0.1) is 0 Å². The lowest BCUT2D eigenvalue weighted by atomic mass is 10.0. The van der Waals surface area contributed by atoms with Crippen molar-refractivity contribution < 1.29 is 9.59 Å². The largest absolute Gasteiger partial charge is 0.339 e. The van der Waals surface area contributed by atoms with Gasteiger partial charge in [0.25, 0.3) is 11.5 Å². The van der Waals surface area contributed by atoms with Gasteiger partial charge in [0.1, 0.15) is 11.7 Å². The zero-order valence-electron chi connectivity index (χ0n) is 15.7. The van der Waals surface area contributed by atoms with Crippen molar-refractivity contribution in [3.05, 3.63) is 89.1 Å². The first-order valence-corrected chi connectivity index (χ1v) is 9.45. The van der Waals surface area contributed by atoms with Gasteiger partial charge in [0.15, 0.2) is 0 Å². The Morgan fingerprint density at radius 1 is 0.966 bits per heavy atom. The van der Waals surface area contributed by atoms with Crippen LogP contribution in [0.1, 0.15) is 23.3 Å². The maximum Gasteiger partial charge on any atom is 0.270 e. The molecule has 7 nitrogen and oxygen atoms in total. The van der Waals surface area contributed by atoms with Crippen molar-refractivity contribution in [3.63, 3.8) is 0 Å². The van der Waals surface area contributed by atoms with E-state index < -0.39 is 6.04 Å². The summed E-state index contributed by atoms with van der Waals surface area (Å²) < 4.78 is 1.54. The third-order valence-electron chi connectivity index (χ3n) is 4.90. The van der Waals surface area contributed by atoms with Gasteiger partial charge in [-0.25, -0.2) is 0 Å². The minimum Gasteiger partial charge on any atom is -0.339 e. The van der Waals surface area contributed by atoms with Crippen molar-refractivity contribution >= 4 is 17.5 Å². The van der Waals surface area contributed by atoms with Crippen LogP contribution in [0.3, 0.4) is 0 Å². The van der Waals surface area contributed by atoms with E-state index in [2.05, 4.69) is 10.3 Å². The highest BCUT2D eigenvalue weighted by Gasteiger charge is 2.31. The van der Waals surface area contributed by atoms with Gasteiger partial charge in [0.2, 0.25) is 5.91 Å². The van der Waals surface area contributed by atoms with E-state index in [1.807, 2.05) is 12.1 Å². The van der Waals surface area contributed by atoms with Gasteiger partial charge in [-0.2, -0.15) is 0 Å². The molecule has 0 spiro atoms. The number of carbonyl (C=O) groups excluding carboxylic acids is 2. The number of benzene rings is 1. The molecule has 2 aromatic heterocycles. The van der Waals surface area contributed by atoms with E-state index in [0.29, 0.717) is 13.0 Å². The van der Waals surface area contributed by atoms with Crippen LogP contribution in [-0.2, 0) is 4.79 Å². The van der Waals surface area contributed by atoms with Crippen LogP contribution in [0.4, 0.5) is 5.69 Å². The molecule has 29 heavy (non-hydrogen) atoms. The van der Waals surface area contributed by atoms with E-state index in [9.17, 15) is 14.4 Å². The molecule has 3 aromatic rings. The third kappa shape index (κ3) is 3.94. The van der Waals surface area contributed by atoms with Crippen LogP contribution in [0.5, 0.6) is 0 Å². The Labute approximate surface area is 167 Å². The summed E-state index contributed by atoms with van der Waals surface area (Å²) in [5, 5.41) is 2.79. The summed E-state index contributed by atoms with van der Waals surface area (Å²) in [6.07, 6.45) is 4.61. The van der Waals surface area contributed by atoms with Crippen LogP contribution < -0.4 is 15.8 Å². The standard InChI is InChI=1S/C22H20N4O3/c27-20-8-2-4-14-25(20)16-9-11-17(12-10-16)26-15-5-7-19(22(26)29)24-21(28)18-6-1-3-13-23-18/h1-4,6,8-14,19H,5,7,15H2,(H,24,28). The first-order chi connectivity index (χ1) is 14.1. The van der Waals surface area contributed by atoms with Crippen molar-refractivity contribution in [3.8, 4) is 5.69 Å². The predicted octanol–water partition coefficient (Wildman–Crippen LogP) is 2.16. The van der Waals surface area contributed by atoms with Crippen molar-refractivity contribution in [1.82, 2.24) is 14.9 Å². The summed E-state index contributed by atoms with van der Waals surface area (Å²) >= 11 is 0. The summed E-state index contributed by atoms with van der Waals surface area (Å²) in [7, 11) is 0. The topological polar surface area (TPSA) is 84.3 Å². The Balaban J connectivity index is 1.50. The summed E-state index contributed by atoms with van der Waals surface area (Å²) in [6, 6.07) is 16.7. The quantitative estimate of drug-likeness (QED) is 0.742. The molecule has 0 saturated carbocycles. The van der Waals surface area contributed by atoms with E-state index in [1.165, 1.54) is 10.6 Å². The summed E-state index contributed by atoms with van der Waals surface area (Å²) in [5.41, 5.74) is 1.63. The SMILES string of the molecule is O=C(NC1CCCN(c2ccc(-n3ccccc3=O)cc2)C1=O)c1ccccn1. The van der Waals surface area contributed by atoms with E-state index >= 15 is 0 Å². The number of aromatic nitrogens is 2. The summed E-state index contributed by atoms with van der Waals surface area (Å²) in [5.74, 6) is -0.505. The minimum atomic E-state index is -0.588. The number of amides is 2. The highest BCUT2D eigenvalue weighted by atomic mass is 16.2. The molecule has 1 aliphatic heterocycles. The second kappa shape index (κ2) is 8.10. The van der Waals surface area contributed by atoms with Gasteiger partial charge in [-0.05, 0) is 55.3 Å². The Kier molecular flexibility index (Phi) is 5.20. The lowest BCUT2D eigenvalue weighted by Crippen LogP contribution is -2.52. The average Bonchev–Trinajstić information content (AvgIpc) is 2.76. The maximum atomic E-state index is 12.9. The molecule has 0 aliphatic carbocycles. The van der Waals surface area contributed by atoms with Crippen LogP contribution in [0.2, 0.25) is 0 Å². The molecule has 4 rings (SSSR count). The normalized spacial score (nSPS) is 16.5. The van der Waals surface area contributed by atoms with Gasteiger partial charge < -0.3 is 10.2 Å². The Bertz CT molecular complexity index is 1080.